The lowest BCUT2D eigenvalue weighted by atomic mass is 10.1. The van der Waals surface area contributed by atoms with E-state index in [0.717, 1.165) is 30.7 Å². The average molecular weight is 375 g/mol. The van der Waals surface area contributed by atoms with Gasteiger partial charge in [0, 0.05) is 40.4 Å². The Kier molecular flexibility index (Phi) is 6.22. The fourth-order valence-electron chi connectivity index (χ4n) is 2.57. The van der Waals surface area contributed by atoms with Crippen molar-refractivity contribution in [2.45, 2.75) is 26.3 Å². The predicted molar refractivity (Wildman–Crippen MR) is 89.8 cm³/mol. The molecule has 1 aromatic heterocycles. The number of thiophene rings is 1. The minimum atomic E-state index is -0.108. The van der Waals surface area contributed by atoms with Gasteiger partial charge in [0.15, 0.2) is 0 Å². The van der Waals surface area contributed by atoms with Crippen LogP contribution in [0.25, 0.3) is 0 Å². The zero-order valence-corrected chi connectivity index (χ0v) is 15.3. The predicted octanol–water partition coefficient (Wildman–Crippen LogP) is 3.06. The second-order valence-corrected chi connectivity index (χ2v) is 7.56. The molecule has 2 heterocycles. The molecule has 0 saturated carbocycles. The molecule has 0 radical (unpaired) electrons. The molecule has 0 N–H and O–H groups in total. The van der Waals surface area contributed by atoms with E-state index in [1.54, 1.807) is 11.3 Å². The van der Waals surface area contributed by atoms with E-state index >= 15 is 0 Å². The molecule has 1 aliphatic heterocycles. The van der Waals surface area contributed by atoms with E-state index in [1.165, 1.54) is 9.75 Å². The van der Waals surface area contributed by atoms with Crippen LogP contribution in [0.15, 0.2) is 10.5 Å². The van der Waals surface area contributed by atoms with Crippen LogP contribution in [-0.4, -0.2) is 55.6 Å². The normalized spacial score (nSPS) is 18.7. The highest BCUT2D eigenvalue weighted by Crippen LogP contribution is 2.35. The summed E-state index contributed by atoms with van der Waals surface area (Å²) in [6.07, 6.45) is 0.434. The second-order valence-electron chi connectivity index (χ2n) is 5.42. The third-order valence-electron chi connectivity index (χ3n) is 3.85. The quantitative estimate of drug-likeness (QED) is 0.741. The number of hydrogen-bond acceptors (Lipinski definition) is 5. The monoisotopic (exact) mass is 374 g/mol. The van der Waals surface area contributed by atoms with Gasteiger partial charge in [-0.15, -0.1) is 11.3 Å². The van der Waals surface area contributed by atoms with Gasteiger partial charge in [-0.05, 0) is 42.9 Å². The van der Waals surface area contributed by atoms with E-state index in [4.69, 9.17) is 4.74 Å². The highest BCUT2D eigenvalue weighted by molar-refractivity contribution is 9.10. The number of rotatable bonds is 5. The number of carbonyl (C=O) groups is 1. The Morgan fingerprint density at radius 3 is 2.62 bits per heavy atom. The van der Waals surface area contributed by atoms with Gasteiger partial charge in [0.1, 0.15) is 0 Å². The summed E-state index contributed by atoms with van der Waals surface area (Å²) in [4.78, 5) is 19.2. The summed E-state index contributed by atoms with van der Waals surface area (Å²) in [5.74, 6) is -0.108. The van der Waals surface area contributed by atoms with Gasteiger partial charge in [-0.3, -0.25) is 9.69 Å². The highest BCUT2D eigenvalue weighted by Gasteiger charge is 2.28. The van der Waals surface area contributed by atoms with Crippen molar-refractivity contribution in [2.75, 3.05) is 39.8 Å². The van der Waals surface area contributed by atoms with Crippen LogP contribution in [0, 0.1) is 6.92 Å². The lowest BCUT2D eigenvalue weighted by molar-refractivity contribution is -0.144. The molecule has 1 atom stereocenters. The summed E-state index contributed by atoms with van der Waals surface area (Å²) in [6, 6.07) is 2.29. The van der Waals surface area contributed by atoms with Crippen LogP contribution >= 0.6 is 27.3 Å². The van der Waals surface area contributed by atoms with Gasteiger partial charge in [-0.25, -0.2) is 0 Å². The van der Waals surface area contributed by atoms with Gasteiger partial charge in [0.25, 0.3) is 0 Å². The standard InChI is InChI=1S/C15H23BrN2O2S/c1-4-20-15(19)10-13(14-9-12(16)11(2)21-14)18-7-5-17(3)6-8-18/h9,13H,4-8,10H2,1-3H3. The lowest BCUT2D eigenvalue weighted by Gasteiger charge is -2.37. The number of ether oxygens (including phenoxy) is 1. The van der Waals surface area contributed by atoms with Crippen LogP contribution in [-0.2, 0) is 9.53 Å². The summed E-state index contributed by atoms with van der Waals surface area (Å²) in [7, 11) is 2.14. The molecule has 2 rings (SSSR count). The Labute approximate surface area is 139 Å². The number of esters is 1. The average Bonchev–Trinajstić information content (AvgIpc) is 2.77. The third-order valence-corrected chi connectivity index (χ3v) is 6.09. The van der Waals surface area contributed by atoms with E-state index in [9.17, 15) is 4.79 Å². The first-order valence-electron chi connectivity index (χ1n) is 7.35. The summed E-state index contributed by atoms with van der Waals surface area (Å²) < 4.78 is 6.29. The van der Waals surface area contributed by atoms with E-state index in [0.29, 0.717) is 13.0 Å². The minimum Gasteiger partial charge on any atom is -0.466 e. The van der Waals surface area contributed by atoms with Gasteiger partial charge in [0.05, 0.1) is 19.1 Å². The minimum absolute atomic E-state index is 0.108. The lowest BCUT2D eigenvalue weighted by Crippen LogP contribution is -2.46. The van der Waals surface area contributed by atoms with Crippen LogP contribution in [0.5, 0.6) is 0 Å². The molecule has 1 saturated heterocycles. The maximum Gasteiger partial charge on any atom is 0.307 e. The molecule has 0 spiro atoms. The summed E-state index contributed by atoms with van der Waals surface area (Å²) in [6.45, 7) is 8.49. The summed E-state index contributed by atoms with van der Waals surface area (Å²) in [5.41, 5.74) is 0. The van der Waals surface area contributed by atoms with Crippen molar-refractivity contribution in [3.63, 3.8) is 0 Å². The van der Waals surface area contributed by atoms with Crippen LogP contribution in [0.3, 0.4) is 0 Å². The second kappa shape index (κ2) is 7.72. The zero-order valence-electron chi connectivity index (χ0n) is 12.9. The Balaban J connectivity index is 2.15. The molecule has 0 amide bonds. The third kappa shape index (κ3) is 4.52. The molecule has 0 aromatic carbocycles. The Hall–Kier alpha value is -0.430. The maximum atomic E-state index is 12.0. The number of aryl methyl sites for hydroxylation is 1. The van der Waals surface area contributed by atoms with Crippen molar-refractivity contribution < 1.29 is 9.53 Å². The SMILES string of the molecule is CCOC(=O)CC(c1cc(Br)c(C)s1)N1CCN(C)CC1. The molecule has 0 bridgehead atoms. The van der Waals surface area contributed by atoms with E-state index in [-0.39, 0.29) is 12.0 Å². The molecule has 1 unspecified atom stereocenters. The van der Waals surface area contributed by atoms with Crippen molar-refractivity contribution in [3.8, 4) is 0 Å². The molecule has 6 heteroatoms. The van der Waals surface area contributed by atoms with Crippen molar-refractivity contribution >= 4 is 33.2 Å². The first kappa shape index (κ1) is 16.9. The molecule has 1 aromatic rings. The fraction of sp³-hybridized carbons (Fsp3) is 0.667. The smallest absolute Gasteiger partial charge is 0.307 e. The van der Waals surface area contributed by atoms with Crippen LogP contribution in [0.2, 0.25) is 0 Å². The highest BCUT2D eigenvalue weighted by atomic mass is 79.9. The first-order chi connectivity index (χ1) is 10.0. The Bertz CT molecular complexity index is 465. The number of halogens is 1. The summed E-state index contributed by atoms with van der Waals surface area (Å²) >= 11 is 5.35. The molecule has 118 valence electrons. The Morgan fingerprint density at radius 2 is 2.10 bits per heavy atom. The van der Waals surface area contributed by atoms with E-state index in [1.807, 2.05) is 6.92 Å². The van der Waals surface area contributed by atoms with Gasteiger partial charge in [-0.1, -0.05) is 0 Å². The topological polar surface area (TPSA) is 32.8 Å². The van der Waals surface area contributed by atoms with Gasteiger partial charge < -0.3 is 9.64 Å². The fourth-order valence-corrected chi connectivity index (χ4v) is 4.26. The van der Waals surface area contributed by atoms with Crippen molar-refractivity contribution in [3.05, 3.63) is 20.3 Å². The number of hydrogen-bond donors (Lipinski definition) is 0. The molecule has 4 nitrogen and oxygen atoms in total. The zero-order chi connectivity index (χ0) is 15.4. The number of piperazine rings is 1. The molecule has 1 fully saturated rings. The van der Waals surface area contributed by atoms with Crippen molar-refractivity contribution in [2.24, 2.45) is 0 Å². The maximum absolute atomic E-state index is 12.0. The van der Waals surface area contributed by atoms with Crippen molar-refractivity contribution in [1.82, 2.24) is 9.80 Å². The molecular weight excluding hydrogens is 352 g/mol. The first-order valence-corrected chi connectivity index (χ1v) is 8.96. The molecule has 0 aliphatic carbocycles. The molecular formula is C15H23BrN2O2S. The van der Waals surface area contributed by atoms with Crippen LogP contribution in [0.4, 0.5) is 0 Å². The number of likely N-dealkylation sites (N-methyl/N-ethyl adjacent to an activating group) is 1. The van der Waals surface area contributed by atoms with Crippen LogP contribution in [0.1, 0.15) is 29.1 Å². The largest absolute Gasteiger partial charge is 0.466 e. The molecule has 1 aliphatic rings. The molecule has 21 heavy (non-hydrogen) atoms. The van der Waals surface area contributed by atoms with Gasteiger partial charge in [-0.2, -0.15) is 0 Å². The van der Waals surface area contributed by atoms with Crippen molar-refractivity contribution in [1.29, 1.82) is 0 Å². The Morgan fingerprint density at radius 1 is 1.43 bits per heavy atom. The van der Waals surface area contributed by atoms with Crippen LogP contribution < -0.4 is 0 Å². The van der Waals surface area contributed by atoms with E-state index < -0.39 is 0 Å². The number of carbonyl (C=O) groups excluding carboxylic acids is 1. The number of nitrogens with zero attached hydrogens (tertiary/aromatic N) is 2. The van der Waals surface area contributed by atoms with Gasteiger partial charge in [0.2, 0.25) is 0 Å². The van der Waals surface area contributed by atoms with Gasteiger partial charge >= 0.3 is 5.97 Å². The summed E-state index contributed by atoms with van der Waals surface area (Å²) in [5, 5.41) is 0. The van der Waals surface area contributed by atoms with E-state index in [2.05, 4.69) is 45.8 Å².